The molecule has 0 aliphatic rings. The van der Waals surface area contributed by atoms with Crippen molar-refractivity contribution in [3.63, 3.8) is 0 Å². The van der Waals surface area contributed by atoms with Gasteiger partial charge in [0.15, 0.2) is 0 Å². The summed E-state index contributed by atoms with van der Waals surface area (Å²) in [6.07, 6.45) is 5.26. The van der Waals surface area contributed by atoms with Crippen LogP contribution >= 0.6 is 0 Å². The van der Waals surface area contributed by atoms with Crippen LogP contribution < -0.4 is 0 Å². The van der Waals surface area contributed by atoms with Gasteiger partial charge in [0.2, 0.25) is 0 Å². The normalized spacial score (nSPS) is 12.8. The van der Waals surface area contributed by atoms with E-state index in [1.807, 2.05) is 0 Å². The summed E-state index contributed by atoms with van der Waals surface area (Å²) >= 11 is 0. The second-order valence-electron chi connectivity index (χ2n) is 4.36. The lowest BCUT2D eigenvalue weighted by Gasteiger charge is -2.14. The molecule has 0 aliphatic heterocycles. The molecule has 0 bridgehead atoms. The Kier molecular flexibility index (Phi) is 5.44. The molecule has 0 saturated heterocycles. The number of hydrogen-bond acceptors (Lipinski definition) is 0. The van der Waals surface area contributed by atoms with Crippen molar-refractivity contribution in [1.29, 1.82) is 0 Å². The largest absolute Gasteiger partial charge is 0.207 e. The van der Waals surface area contributed by atoms with Crippen molar-refractivity contribution in [3.8, 4) is 0 Å². The van der Waals surface area contributed by atoms with Gasteiger partial charge >= 0.3 is 0 Å². The molecular weight excluding hydrogens is 206 g/mol. The SMILES string of the molecule is CCCCC(CC)Cc1ccc(F)cc1F. The highest BCUT2D eigenvalue weighted by Crippen LogP contribution is 2.20. The average Bonchev–Trinajstić information content (AvgIpc) is 2.27. The van der Waals surface area contributed by atoms with Gasteiger partial charge in [-0.25, -0.2) is 8.78 Å². The van der Waals surface area contributed by atoms with Crippen molar-refractivity contribution in [2.75, 3.05) is 0 Å². The van der Waals surface area contributed by atoms with Crippen molar-refractivity contribution in [3.05, 3.63) is 35.4 Å². The van der Waals surface area contributed by atoms with Crippen molar-refractivity contribution in [1.82, 2.24) is 0 Å². The first-order valence-electron chi connectivity index (χ1n) is 6.11. The van der Waals surface area contributed by atoms with Crippen molar-refractivity contribution >= 4 is 0 Å². The summed E-state index contributed by atoms with van der Waals surface area (Å²) in [5.74, 6) is -0.391. The average molecular weight is 226 g/mol. The fourth-order valence-corrected chi connectivity index (χ4v) is 1.94. The molecule has 0 saturated carbocycles. The molecule has 0 heterocycles. The maximum absolute atomic E-state index is 13.4. The van der Waals surface area contributed by atoms with E-state index in [1.165, 1.54) is 18.9 Å². The van der Waals surface area contributed by atoms with Crippen molar-refractivity contribution in [2.45, 2.75) is 46.0 Å². The Bertz CT molecular complexity index is 321. The van der Waals surface area contributed by atoms with E-state index in [2.05, 4.69) is 13.8 Å². The van der Waals surface area contributed by atoms with Crippen LogP contribution in [-0.4, -0.2) is 0 Å². The van der Waals surface area contributed by atoms with E-state index >= 15 is 0 Å². The summed E-state index contributed by atoms with van der Waals surface area (Å²) in [7, 11) is 0. The van der Waals surface area contributed by atoms with E-state index < -0.39 is 11.6 Å². The van der Waals surface area contributed by atoms with E-state index in [0.29, 0.717) is 11.5 Å². The van der Waals surface area contributed by atoms with Crippen molar-refractivity contribution < 1.29 is 8.78 Å². The van der Waals surface area contributed by atoms with Crippen LogP contribution in [0.1, 0.15) is 45.1 Å². The molecule has 0 N–H and O–H groups in total. The fraction of sp³-hybridized carbons (Fsp3) is 0.571. The minimum absolute atomic E-state index is 0.407. The Morgan fingerprint density at radius 3 is 2.50 bits per heavy atom. The highest BCUT2D eigenvalue weighted by atomic mass is 19.1. The smallest absolute Gasteiger partial charge is 0.129 e. The molecular formula is C14H20F2. The molecule has 2 heteroatoms. The van der Waals surface area contributed by atoms with Gasteiger partial charge < -0.3 is 0 Å². The van der Waals surface area contributed by atoms with Gasteiger partial charge in [-0.15, -0.1) is 0 Å². The Morgan fingerprint density at radius 2 is 1.94 bits per heavy atom. The molecule has 0 aliphatic carbocycles. The molecule has 90 valence electrons. The first-order valence-corrected chi connectivity index (χ1v) is 6.11. The van der Waals surface area contributed by atoms with Crippen LogP contribution in [0.5, 0.6) is 0 Å². The highest BCUT2D eigenvalue weighted by Gasteiger charge is 2.10. The zero-order valence-electron chi connectivity index (χ0n) is 10.1. The summed E-state index contributed by atoms with van der Waals surface area (Å²) in [4.78, 5) is 0. The van der Waals surface area contributed by atoms with Gasteiger partial charge in [0, 0.05) is 6.07 Å². The standard InChI is InChI=1S/C14H20F2/c1-3-5-6-11(4-2)9-12-7-8-13(15)10-14(12)16/h7-8,10-11H,3-6,9H2,1-2H3. The maximum atomic E-state index is 13.4. The van der Waals surface area contributed by atoms with Gasteiger partial charge in [0.25, 0.3) is 0 Å². The van der Waals surface area contributed by atoms with Crippen LogP contribution in [0, 0.1) is 17.6 Å². The molecule has 0 spiro atoms. The molecule has 1 atom stereocenters. The number of hydrogen-bond donors (Lipinski definition) is 0. The Labute approximate surface area is 96.7 Å². The monoisotopic (exact) mass is 226 g/mol. The second-order valence-corrected chi connectivity index (χ2v) is 4.36. The topological polar surface area (TPSA) is 0 Å². The summed E-state index contributed by atoms with van der Waals surface area (Å²) in [5, 5.41) is 0. The summed E-state index contributed by atoms with van der Waals surface area (Å²) in [6.45, 7) is 4.28. The lowest BCUT2D eigenvalue weighted by atomic mass is 9.92. The van der Waals surface area contributed by atoms with Crippen LogP contribution in [0.25, 0.3) is 0 Å². The van der Waals surface area contributed by atoms with Crippen LogP contribution in [0.4, 0.5) is 8.78 Å². The zero-order valence-corrected chi connectivity index (χ0v) is 10.1. The Hall–Kier alpha value is -0.920. The molecule has 0 aromatic heterocycles. The third kappa shape index (κ3) is 3.92. The third-order valence-electron chi connectivity index (χ3n) is 3.07. The zero-order chi connectivity index (χ0) is 12.0. The Balaban J connectivity index is 2.62. The van der Waals surface area contributed by atoms with Crippen molar-refractivity contribution in [2.24, 2.45) is 5.92 Å². The summed E-state index contributed by atoms with van der Waals surface area (Å²) in [5.41, 5.74) is 0.643. The molecule has 0 amide bonds. The minimum atomic E-state index is -0.497. The Morgan fingerprint density at radius 1 is 1.19 bits per heavy atom. The van der Waals surface area contributed by atoms with Gasteiger partial charge in [-0.1, -0.05) is 45.6 Å². The highest BCUT2D eigenvalue weighted by molar-refractivity contribution is 5.19. The van der Waals surface area contributed by atoms with Gasteiger partial charge in [-0.2, -0.15) is 0 Å². The van der Waals surface area contributed by atoms with Gasteiger partial charge in [-0.05, 0) is 24.0 Å². The van der Waals surface area contributed by atoms with E-state index in [9.17, 15) is 8.78 Å². The number of unbranched alkanes of at least 4 members (excludes halogenated alkanes) is 1. The van der Waals surface area contributed by atoms with E-state index in [4.69, 9.17) is 0 Å². The quantitative estimate of drug-likeness (QED) is 0.658. The predicted molar refractivity (Wildman–Crippen MR) is 63.4 cm³/mol. The molecule has 0 nitrogen and oxygen atoms in total. The lowest BCUT2D eigenvalue weighted by molar-refractivity contribution is 0.439. The molecule has 0 fully saturated rings. The van der Waals surface area contributed by atoms with Crippen LogP contribution in [0.2, 0.25) is 0 Å². The van der Waals surface area contributed by atoms with Gasteiger partial charge in [0.1, 0.15) is 11.6 Å². The molecule has 1 unspecified atom stereocenters. The fourth-order valence-electron chi connectivity index (χ4n) is 1.94. The summed E-state index contributed by atoms with van der Waals surface area (Å²) < 4.78 is 26.2. The van der Waals surface area contributed by atoms with Crippen LogP contribution in [0.15, 0.2) is 18.2 Å². The first kappa shape index (κ1) is 13.1. The minimum Gasteiger partial charge on any atom is -0.207 e. The molecule has 1 aromatic carbocycles. The van der Waals surface area contributed by atoms with E-state index in [0.717, 1.165) is 25.3 Å². The predicted octanol–water partition coefficient (Wildman–Crippen LogP) is 4.72. The summed E-state index contributed by atoms with van der Waals surface area (Å²) in [6, 6.07) is 3.88. The molecule has 1 aromatic rings. The first-order chi connectivity index (χ1) is 7.67. The number of benzene rings is 1. The number of rotatable bonds is 6. The second kappa shape index (κ2) is 6.62. The number of halogens is 2. The molecule has 1 rings (SSSR count). The lowest BCUT2D eigenvalue weighted by Crippen LogP contribution is -2.05. The third-order valence-corrected chi connectivity index (χ3v) is 3.07. The van der Waals surface area contributed by atoms with Gasteiger partial charge in [0.05, 0.1) is 0 Å². The van der Waals surface area contributed by atoms with Crippen LogP contribution in [-0.2, 0) is 6.42 Å². The van der Waals surface area contributed by atoms with Crippen LogP contribution in [0.3, 0.4) is 0 Å². The maximum Gasteiger partial charge on any atom is 0.129 e. The molecule has 16 heavy (non-hydrogen) atoms. The van der Waals surface area contributed by atoms with E-state index in [-0.39, 0.29) is 0 Å². The van der Waals surface area contributed by atoms with E-state index in [1.54, 1.807) is 6.07 Å². The van der Waals surface area contributed by atoms with Gasteiger partial charge in [-0.3, -0.25) is 0 Å². The molecule has 0 radical (unpaired) electrons.